The highest BCUT2D eigenvalue weighted by Gasteiger charge is 2.15. The molecule has 0 aliphatic heterocycles. The van der Waals surface area contributed by atoms with E-state index in [2.05, 4.69) is 4.98 Å². The van der Waals surface area contributed by atoms with E-state index in [-0.39, 0.29) is 5.02 Å². The van der Waals surface area contributed by atoms with Crippen molar-refractivity contribution in [3.63, 3.8) is 0 Å². The molecule has 1 heterocycles. The van der Waals surface area contributed by atoms with Gasteiger partial charge in [0.15, 0.2) is 0 Å². The molecule has 2 N–H and O–H groups in total. The Labute approximate surface area is 115 Å². The molecule has 1 aromatic carbocycles. The highest BCUT2D eigenvalue weighted by atomic mass is 35.5. The molecule has 1 atom stereocenters. The van der Waals surface area contributed by atoms with E-state index in [1.807, 2.05) is 0 Å². The van der Waals surface area contributed by atoms with Crippen LogP contribution in [-0.2, 0) is 6.42 Å². The van der Waals surface area contributed by atoms with E-state index in [1.165, 1.54) is 6.07 Å². The van der Waals surface area contributed by atoms with E-state index in [4.69, 9.17) is 28.9 Å². The van der Waals surface area contributed by atoms with Crippen LogP contribution in [0.25, 0.3) is 0 Å². The topological polar surface area (TPSA) is 38.9 Å². The van der Waals surface area contributed by atoms with Gasteiger partial charge in [-0.2, -0.15) is 0 Å². The molecule has 2 rings (SSSR count). The predicted octanol–water partition coefficient (Wildman–Crippen LogP) is 3.77. The first kappa shape index (κ1) is 13.3. The second kappa shape index (κ2) is 5.65. The van der Waals surface area contributed by atoms with Crippen LogP contribution in [0.4, 0.5) is 4.39 Å². The van der Waals surface area contributed by atoms with Crippen LogP contribution in [-0.4, -0.2) is 4.98 Å². The average Bonchev–Trinajstić information content (AvgIpc) is 2.35. The number of hydrogen-bond donors (Lipinski definition) is 1. The molecule has 0 radical (unpaired) electrons. The zero-order valence-electron chi connectivity index (χ0n) is 9.41. The molecule has 1 unspecified atom stereocenters. The maximum absolute atomic E-state index is 13.7. The Balaban J connectivity index is 2.24. The van der Waals surface area contributed by atoms with Gasteiger partial charge in [-0.3, -0.25) is 4.98 Å². The summed E-state index contributed by atoms with van der Waals surface area (Å²) >= 11 is 11.7. The van der Waals surface area contributed by atoms with Crippen molar-refractivity contribution in [1.29, 1.82) is 0 Å². The molecule has 0 saturated heterocycles. The number of benzene rings is 1. The lowest BCUT2D eigenvalue weighted by Crippen LogP contribution is -2.16. The molecule has 18 heavy (non-hydrogen) atoms. The Hall–Kier alpha value is -1.16. The zero-order valence-corrected chi connectivity index (χ0v) is 10.9. The third kappa shape index (κ3) is 2.80. The Morgan fingerprint density at radius 1 is 1.17 bits per heavy atom. The highest BCUT2D eigenvalue weighted by Crippen LogP contribution is 2.25. The zero-order chi connectivity index (χ0) is 13.1. The van der Waals surface area contributed by atoms with Crippen LogP contribution in [0.5, 0.6) is 0 Å². The van der Waals surface area contributed by atoms with Gasteiger partial charge >= 0.3 is 0 Å². The highest BCUT2D eigenvalue weighted by molar-refractivity contribution is 6.31. The molecular weight excluding hydrogens is 274 g/mol. The molecule has 0 saturated carbocycles. The summed E-state index contributed by atoms with van der Waals surface area (Å²) in [5.74, 6) is -0.443. The first-order valence-electron chi connectivity index (χ1n) is 5.38. The maximum Gasteiger partial charge on any atom is 0.145 e. The van der Waals surface area contributed by atoms with Crippen LogP contribution in [0.2, 0.25) is 10.0 Å². The first-order valence-corrected chi connectivity index (χ1v) is 6.14. The number of nitrogens with two attached hydrogens (primary N) is 1. The van der Waals surface area contributed by atoms with Gasteiger partial charge in [0.1, 0.15) is 5.82 Å². The van der Waals surface area contributed by atoms with Crippen LogP contribution in [0, 0.1) is 5.82 Å². The summed E-state index contributed by atoms with van der Waals surface area (Å²) in [6.07, 6.45) is 1.90. The molecule has 0 spiro atoms. The van der Waals surface area contributed by atoms with Gasteiger partial charge in [0.2, 0.25) is 0 Å². The average molecular weight is 285 g/mol. The standard InChI is InChI=1S/C13H11Cl2FN2/c14-9-4-1-3-8(12(9)16)7-11(17)13-10(15)5-2-6-18-13/h1-6,11H,7,17H2. The van der Waals surface area contributed by atoms with Crippen LogP contribution < -0.4 is 5.73 Å². The Morgan fingerprint density at radius 2 is 1.89 bits per heavy atom. The van der Waals surface area contributed by atoms with Gasteiger partial charge in [0.25, 0.3) is 0 Å². The number of hydrogen-bond acceptors (Lipinski definition) is 2. The summed E-state index contributed by atoms with van der Waals surface area (Å²) in [6, 6.07) is 7.80. The fourth-order valence-corrected chi connectivity index (χ4v) is 2.17. The number of aromatic nitrogens is 1. The van der Waals surface area contributed by atoms with E-state index in [9.17, 15) is 4.39 Å². The lowest BCUT2D eigenvalue weighted by molar-refractivity contribution is 0.590. The Morgan fingerprint density at radius 3 is 2.61 bits per heavy atom. The molecular formula is C13H11Cl2FN2. The minimum atomic E-state index is -0.466. The SMILES string of the molecule is NC(Cc1cccc(Cl)c1F)c1ncccc1Cl. The molecule has 2 aromatic rings. The summed E-state index contributed by atoms with van der Waals surface area (Å²) in [5, 5.41) is 0.569. The lowest BCUT2D eigenvalue weighted by Gasteiger charge is -2.13. The molecule has 2 nitrogen and oxygen atoms in total. The van der Waals surface area contributed by atoms with Crippen LogP contribution in [0.15, 0.2) is 36.5 Å². The number of rotatable bonds is 3. The molecule has 0 bridgehead atoms. The van der Waals surface area contributed by atoms with Gasteiger partial charge in [-0.05, 0) is 30.2 Å². The number of halogens is 3. The van der Waals surface area contributed by atoms with Crippen molar-refractivity contribution in [3.05, 3.63) is 63.6 Å². The van der Waals surface area contributed by atoms with Gasteiger partial charge in [0.05, 0.1) is 21.8 Å². The normalized spacial score (nSPS) is 12.4. The summed E-state index contributed by atoms with van der Waals surface area (Å²) in [4.78, 5) is 4.11. The third-order valence-electron chi connectivity index (χ3n) is 2.61. The van der Waals surface area contributed by atoms with E-state index >= 15 is 0 Å². The van der Waals surface area contributed by atoms with E-state index in [0.717, 1.165) is 0 Å². The van der Waals surface area contributed by atoms with Gasteiger partial charge in [-0.15, -0.1) is 0 Å². The predicted molar refractivity (Wildman–Crippen MR) is 71.3 cm³/mol. The Bertz CT molecular complexity index is 560. The van der Waals surface area contributed by atoms with Crippen molar-refractivity contribution < 1.29 is 4.39 Å². The lowest BCUT2D eigenvalue weighted by atomic mass is 10.0. The summed E-state index contributed by atoms with van der Waals surface area (Å²) in [5.41, 5.74) is 7.00. The number of pyridine rings is 1. The molecule has 94 valence electrons. The van der Waals surface area contributed by atoms with E-state index < -0.39 is 11.9 Å². The first-order chi connectivity index (χ1) is 8.59. The Kier molecular flexibility index (Phi) is 4.17. The van der Waals surface area contributed by atoms with Crippen LogP contribution in [0.1, 0.15) is 17.3 Å². The second-order valence-corrected chi connectivity index (χ2v) is 4.71. The summed E-state index contributed by atoms with van der Waals surface area (Å²) in [7, 11) is 0. The minimum Gasteiger partial charge on any atom is -0.322 e. The molecule has 0 aliphatic rings. The summed E-state index contributed by atoms with van der Waals surface area (Å²) in [6.45, 7) is 0. The van der Waals surface area contributed by atoms with Gasteiger partial charge in [-0.1, -0.05) is 35.3 Å². The van der Waals surface area contributed by atoms with Crippen molar-refractivity contribution >= 4 is 23.2 Å². The quantitative estimate of drug-likeness (QED) is 0.932. The van der Waals surface area contributed by atoms with E-state index in [0.29, 0.717) is 22.7 Å². The number of nitrogens with zero attached hydrogens (tertiary/aromatic N) is 1. The third-order valence-corrected chi connectivity index (χ3v) is 3.22. The van der Waals surface area contributed by atoms with Crippen LogP contribution >= 0.6 is 23.2 Å². The van der Waals surface area contributed by atoms with Crippen LogP contribution in [0.3, 0.4) is 0 Å². The smallest absolute Gasteiger partial charge is 0.145 e. The van der Waals surface area contributed by atoms with Crippen molar-refractivity contribution in [2.45, 2.75) is 12.5 Å². The molecule has 0 aliphatic carbocycles. The monoisotopic (exact) mass is 284 g/mol. The maximum atomic E-state index is 13.7. The molecule has 0 amide bonds. The van der Waals surface area contributed by atoms with Crippen molar-refractivity contribution in [1.82, 2.24) is 4.98 Å². The van der Waals surface area contributed by atoms with Gasteiger partial charge in [0, 0.05) is 6.20 Å². The molecule has 0 fully saturated rings. The molecule has 5 heteroatoms. The molecule has 1 aromatic heterocycles. The van der Waals surface area contributed by atoms with Gasteiger partial charge in [-0.25, -0.2) is 4.39 Å². The largest absolute Gasteiger partial charge is 0.322 e. The second-order valence-electron chi connectivity index (χ2n) is 3.89. The van der Waals surface area contributed by atoms with Crippen molar-refractivity contribution in [2.24, 2.45) is 5.73 Å². The van der Waals surface area contributed by atoms with Crippen molar-refractivity contribution in [3.8, 4) is 0 Å². The van der Waals surface area contributed by atoms with Gasteiger partial charge < -0.3 is 5.73 Å². The fraction of sp³-hybridized carbons (Fsp3) is 0.154. The summed E-state index contributed by atoms with van der Waals surface area (Å²) < 4.78 is 13.7. The van der Waals surface area contributed by atoms with Crippen molar-refractivity contribution in [2.75, 3.05) is 0 Å². The fourth-order valence-electron chi connectivity index (χ4n) is 1.71. The van der Waals surface area contributed by atoms with E-state index in [1.54, 1.807) is 30.5 Å². The minimum absolute atomic E-state index is 0.0896.